The van der Waals surface area contributed by atoms with E-state index in [0.29, 0.717) is 13.0 Å². The fraction of sp³-hybridized carbons (Fsp3) is 0.750. The Balaban J connectivity index is 4.36. The summed E-state index contributed by atoms with van der Waals surface area (Å²) < 4.78 is 0. The molecule has 0 aliphatic carbocycles. The highest BCUT2D eigenvalue weighted by molar-refractivity contribution is 5.84. The molecule has 3 amide bonds. The molecular formula is C12H23N3O4. The Hall–Kier alpha value is -1.79. The molecule has 0 rings (SSSR count). The van der Waals surface area contributed by atoms with Gasteiger partial charge in [0.1, 0.15) is 6.54 Å². The van der Waals surface area contributed by atoms with Gasteiger partial charge in [0.25, 0.3) is 0 Å². The summed E-state index contributed by atoms with van der Waals surface area (Å²) in [5.74, 6) is -1.72. The van der Waals surface area contributed by atoms with Crippen molar-refractivity contribution in [3.8, 4) is 0 Å². The van der Waals surface area contributed by atoms with Gasteiger partial charge in [0.05, 0.1) is 5.92 Å². The lowest BCUT2D eigenvalue weighted by Crippen LogP contribution is -2.46. The highest BCUT2D eigenvalue weighted by atomic mass is 16.4. The Morgan fingerprint density at radius 2 is 1.79 bits per heavy atom. The van der Waals surface area contributed by atoms with Crippen molar-refractivity contribution in [2.45, 2.75) is 20.3 Å². The molecule has 0 aromatic rings. The number of urea groups is 1. The molecule has 19 heavy (non-hydrogen) atoms. The number of amides is 3. The highest BCUT2D eigenvalue weighted by Crippen LogP contribution is 2.01. The Morgan fingerprint density at radius 3 is 2.16 bits per heavy atom. The van der Waals surface area contributed by atoms with E-state index in [1.165, 1.54) is 9.80 Å². The minimum absolute atomic E-state index is 0.0147. The van der Waals surface area contributed by atoms with Gasteiger partial charge in [-0.3, -0.25) is 9.59 Å². The van der Waals surface area contributed by atoms with E-state index < -0.39 is 17.9 Å². The van der Waals surface area contributed by atoms with Gasteiger partial charge < -0.3 is 20.2 Å². The molecule has 0 radical (unpaired) electrons. The lowest BCUT2D eigenvalue weighted by Gasteiger charge is -2.23. The second kappa shape index (κ2) is 8.34. The molecule has 0 aliphatic rings. The summed E-state index contributed by atoms with van der Waals surface area (Å²) in [6.07, 6.45) is 0.443. The van der Waals surface area contributed by atoms with Crippen molar-refractivity contribution in [1.29, 1.82) is 0 Å². The maximum Gasteiger partial charge on any atom is 0.317 e. The van der Waals surface area contributed by atoms with Gasteiger partial charge in [-0.05, 0) is 13.3 Å². The molecule has 0 bridgehead atoms. The quantitative estimate of drug-likeness (QED) is 0.694. The van der Waals surface area contributed by atoms with Gasteiger partial charge in [-0.1, -0.05) is 6.92 Å². The third kappa shape index (κ3) is 6.08. The number of carbonyl (C=O) groups is 3. The lowest BCUT2D eigenvalue weighted by molar-refractivity contribution is -0.141. The predicted molar refractivity (Wildman–Crippen MR) is 70.8 cm³/mol. The lowest BCUT2D eigenvalue weighted by atomic mass is 10.1. The Labute approximate surface area is 113 Å². The van der Waals surface area contributed by atoms with Crippen molar-refractivity contribution in [2.75, 3.05) is 33.7 Å². The SMILES string of the molecule is CCC(CNC(=O)N(CC)CC(=O)N(C)C)C(=O)O. The number of nitrogens with zero attached hydrogens (tertiary/aromatic N) is 2. The van der Waals surface area contributed by atoms with Crippen LogP contribution in [-0.4, -0.2) is 66.5 Å². The first-order valence-electron chi connectivity index (χ1n) is 6.29. The van der Waals surface area contributed by atoms with Gasteiger partial charge in [-0.25, -0.2) is 4.79 Å². The van der Waals surface area contributed by atoms with Crippen LogP contribution >= 0.6 is 0 Å². The van der Waals surface area contributed by atoms with Gasteiger partial charge in [-0.2, -0.15) is 0 Å². The Bertz CT molecular complexity index is 331. The number of carboxylic acid groups (broad SMARTS) is 1. The van der Waals surface area contributed by atoms with Crippen LogP contribution in [0.2, 0.25) is 0 Å². The number of carbonyl (C=O) groups excluding carboxylic acids is 2. The molecule has 1 unspecified atom stereocenters. The van der Waals surface area contributed by atoms with Crippen molar-refractivity contribution >= 4 is 17.9 Å². The molecule has 0 aliphatic heterocycles. The van der Waals surface area contributed by atoms with E-state index in [1.54, 1.807) is 27.9 Å². The molecule has 0 saturated carbocycles. The van der Waals surface area contributed by atoms with E-state index in [4.69, 9.17) is 5.11 Å². The Kier molecular flexibility index (Phi) is 7.55. The third-order valence-electron chi connectivity index (χ3n) is 2.84. The van der Waals surface area contributed by atoms with E-state index in [-0.39, 0.29) is 19.0 Å². The fourth-order valence-corrected chi connectivity index (χ4v) is 1.36. The molecule has 1 atom stereocenters. The molecular weight excluding hydrogens is 250 g/mol. The molecule has 0 saturated heterocycles. The molecule has 0 aromatic carbocycles. The second-order valence-corrected chi connectivity index (χ2v) is 4.43. The zero-order valence-electron chi connectivity index (χ0n) is 12.0. The van der Waals surface area contributed by atoms with E-state index in [1.807, 2.05) is 0 Å². The largest absolute Gasteiger partial charge is 0.481 e. The number of rotatable bonds is 7. The van der Waals surface area contributed by atoms with E-state index in [0.717, 1.165) is 0 Å². The summed E-state index contributed by atoms with van der Waals surface area (Å²) in [6.45, 7) is 3.95. The van der Waals surface area contributed by atoms with Crippen molar-refractivity contribution < 1.29 is 19.5 Å². The normalized spacial score (nSPS) is 11.6. The monoisotopic (exact) mass is 273 g/mol. The average Bonchev–Trinajstić information content (AvgIpc) is 2.35. The maximum absolute atomic E-state index is 11.8. The van der Waals surface area contributed by atoms with Crippen LogP contribution in [0.1, 0.15) is 20.3 Å². The van der Waals surface area contributed by atoms with Gasteiger partial charge >= 0.3 is 12.0 Å². The number of hydrogen-bond donors (Lipinski definition) is 2. The van der Waals surface area contributed by atoms with Crippen LogP contribution in [0.15, 0.2) is 0 Å². The Morgan fingerprint density at radius 1 is 1.21 bits per heavy atom. The maximum atomic E-state index is 11.8. The standard InChI is InChI=1S/C12H23N3O4/c1-5-9(11(17)18)7-13-12(19)15(6-2)8-10(16)14(3)4/h9H,5-8H2,1-4H3,(H,13,19)(H,17,18). The molecule has 7 nitrogen and oxygen atoms in total. The minimum atomic E-state index is -0.935. The molecule has 0 aromatic heterocycles. The summed E-state index contributed by atoms with van der Waals surface area (Å²) in [5.41, 5.74) is 0. The van der Waals surface area contributed by atoms with Crippen molar-refractivity contribution in [3.63, 3.8) is 0 Å². The highest BCUT2D eigenvalue weighted by Gasteiger charge is 2.20. The smallest absolute Gasteiger partial charge is 0.317 e. The van der Waals surface area contributed by atoms with E-state index in [9.17, 15) is 14.4 Å². The molecule has 110 valence electrons. The summed E-state index contributed by atoms with van der Waals surface area (Å²) >= 11 is 0. The second-order valence-electron chi connectivity index (χ2n) is 4.43. The average molecular weight is 273 g/mol. The van der Waals surface area contributed by atoms with Crippen LogP contribution in [0.5, 0.6) is 0 Å². The van der Waals surface area contributed by atoms with Gasteiger partial charge in [0, 0.05) is 27.2 Å². The molecule has 2 N–H and O–H groups in total. The summed E-state index contributed by atoms with van der Waals surface area (Å²) in [5, 5.41) is 11.4. The van der Waals surface area contributed by atoms with Gasteiger partial charge in [-0.15, -0.1) is 0 Å². The summed E-state index contributed by atoms with van der Waals surface area (Å²) in [4.78, 5) is 36.9. The van der Waals surface area contributed by atoms with Crippen LogP contribution < -0.4 is 5.32 Å². The predicted octanol–water partition coefficient (Wildman–Crippen LogP) is 0.217. The first-order valence-corrected chi connectivity index (χ1v) is 6.29. The number of nitrogens with one attached hydrogen (secondary N) is 1. The van der Waals surface area contributed by atoms with E-state index in [2.05, 4.69) is 5.32 Å². The van der Waals surface area contributed by atoms with Crippen LogP contribution in [0, 0.1) is 5.92 Å². The summed E-state index contributed by atoms with van der Waals surface area (Å²) in [7, 11) is 3.23. The number of carboxylic acids is 1. The first-order chi connectivity index (χ1) is 8.83. The number of likely N-dealkylation sites (N-methyl/N-ethyl adjacent to an activating group) is 2. The number of hydrogen-bond acceptors (Lipinski definition) is 3. The molecule has 0 fully saturated rings. The van der Waals surface area contributed by atoms with Crippen LogP contribution in [0.4, 0.5) is 4.79 Å². The van der Waals surface area contributed by atoms with Crippen molar-refractivity contribution in [3.05, 3.63) is 0 Å². The number of aliphatic carboxylic acids is 1. The van der Waals surface area contributed by atoms with Gasteiger partial charge in [0.15, 0.2) is 0 Å². The van der Waals surface area contributed by atoms with Gasteiger partial charge in [0.2, 0.25) is 5.91 Å². The zero-order valence-corrected chi connectivity index (χ0v) is 12.0. The minimum Gasteiger partial charge on any atom is -0.481 e. The fourth-order valence-electron chi connectivity index (χ4n) is 1.36. The first kappa shape index (κ1) is 17.2. The zero-order chi connectivity index (χ0) is 15.0. The van der Waals surface area contributed by atoms with Crippen LogP contribution in [-0.2, 0) is 9.59 Å². The third-order valence-corrected chi connectivity index (χ3v) is 2.84. The van der Waals surface area contributed by atoms with Crippen LogP contribution in [0.3, 0.4) is 0 Å². The topological polar surface area (TPSA) is 90.0 Å². The molecule has 7 heteroatoms. The van der Waals surface area contributed by atoms with Crippen molar-refractivity contribution in [2.24, 2.45) is 5.92 Å². The molecule has 0 spiro atoms. The summed E-state index contributed by atoms with van der Waals surface area (Å²) in [6, 6.07) is -0.419. The van der Waals surface area contributed by atoms with Crippen molar-refractivity contribution in [1.82, 2.24) is 15.1 Å². The van der Waals surface area contributed by atoms with Crippen LogP contribution in [0.25, 0.3) is 0 Å². The van der Waals surface area contributed by atoms with E-state index >= 15 is 0 Å². The molecule has 0 heterocycles.